The zero-order valence-electron chi connectivity index (χ0n) is 13.7. The van der Waals surface area contributed by atoms with Gasteiger partial charge < -0.3 is 11.1 Å². The van der Waals surface area contributed by atoms with Gasteiger partial charge in [0.2, 0.25) is 5.91 Å². The van der Waals surface area contributed by atoms with Crippen LogP contribution in [0.2, 0.25) is 0 Å². The van der Waals surface area contributed by atoms with E-state index in [1.165, 1.54) is 4.90 Å². The molecule has 4 nitrogen and oxygen atoms in total. The summed E-state index contributed by atoms with van der Waals surface area (Å²) < 4.78 is 36.9. The number of halogens is 3. The van der Waals surface area contributed by atoms with E-state index in [1.807, 2.05) is 20.8 Å². The van der Waals surface area contributed by atoms with E-state index in [4.69, 9.17) is 5.73 Å². The maximum absolute atomic E-state index is 12.3. The van der Waals surface area contributed by atoms with Crippen molar-refractivity contribution in [3.8, 4) is 0 Å². The van der Waals surface area contributed by atoms with Crippen LogP contribution in [0, 0.1) is 11.3 Å². The van der Waals surface area contributed by atoms with Crippen LogP contribution in [0.15, 0.2) is 0 Å². The molecule has 1 rings (SSSR count). The van der Waals surface area contributed by atoms with E-state index < -0.39 is 18.8 Å². The number of rotatable bonds is 5. The Bertz CT molecular complexity index is 358. The van der Waals surface area contributed by atoms with Crippen molar-refractivity contribution in [2.24, 2.45) is 17.1 Å². The van der Waals surface area contributed by atoms with Crippen molar-refractivity contribution in [2.75, 3.05) is 26.2 Å². The number of nitrogens with two attached hydrogens (primary N) is 1. The SMILES string of the molecule is CC(C)(C)[C@H](N)C(=O)NCCC1CCN(CC(F)(F)F)CC1. The van der Waals surface area contributed by atoms with Crippen LogP contribution in [0.4, 0.5) is 13.2 Å². The lowest BCUT2D eigenvalue weighted by Gasteiger charge is -2.32. The number of likely N-dealkylation sites (tertiary alicyclic amines) is 1. The summed E-state index contributed by atoms with van der Waals surface area (Å²) in [5.74, 6) is 0.206. The van der Waals surface area contributed by atoms with Gasteiger partial charge in [0.1, 0.15) is 0 Å². The highest BCUT2D eigenvalue weighted by Gasteiger charge is 2.32. The lowest BCUT2D eigenvalue weighted by molar-refractivity contribution is -0.148. The van der Waals surface area contributed by atoms with Crippen LogP contribution in [-0.4, -0.2) is 49.2 Å². The van der Waals surface area contributed by atoms with Gasteiger partial charge in [-0.05, 0) is 43.7 Å². The maximum atomic E-state index is 12.3. The molecule has 0 unspecified atom stereocenters. The van der Waals surface area contributed by atoms with Crippen molar-refractivity contribution in [2.45, 2.75) is 52.3 Å². The predicted molar refractivity (Wildman–Crippen MR) is 80.3 cm³/mol. The van der Waals surface area contributed by atoms with Gasteiger partial charge >= 0.3 is 6.18 Å². The number of piperidine rings is 1. The summed E-state index contributed by atoms with van der Waals surface area (Å²) in [7, 11) is 0. The lowest BCUT2D eigenvalue weighted by atomic mass is 9.87. The van der Waals surface area contributed by atoms with Crippen molar-refractivity contribution in [3.05, 3.63) is 0 Å². The van der Waals surface area contributed by atoms with Gasteiger partial charge in [0, 0.05) is 6.54 Å². The molecule has 0 aromatic rings. The first-order chi connectivity index (χ1) is 9.99. The van der Waals surface area contributed by atoms with Gasteiger partial charge in [0.05, 0.1) is 12.6 Å². The summed E-state index contributed by atoms with van der Waals surface area (Å²) in [5.41, 5.74) is 5.58. The van der Waals surface area contributed by atoms with Crippen LogP contribution < -0.4 is 11.1 Å². The van der Waals surface area contributed by atoms with Crippen molar-refractivity contribution >= 4 is 5.91 Å². The van der Waals surface area contributed by atoms with Crippen LogP contribution in [0.1, 0.15) is 40.0 Å². The van der Waals surface area contributed by atoms with Gasteiger partial charge in [-0.25, -0.2) is 0 Å². The minimum Gasteiger partial charge on any atom is -0.355 e. The zero-order chi connectivity index (χ0) is 17.0. The molecule has 7 heteroatoms. The largest absolute Gasteiger partial charge is 0.401 e. The number of hydrogen-bond acceptors (Lipinski definition) is 3. The van der Waals surface area contributed by atoms with E-state index in [0.717, 1.165) is 19.3 Å². The molecule has 0 radical (unpaired) electrons. The Labute approximate surface area is 130 Å². The van der Waals surface area contributed by atoms with Gasteiger partial charge in [0.25, 0.3) is 0 Å². The number of carbonyl (C=O) groups is 1. The average molecular weight is 323 g/mol. The van der Waals surface area contributed by atoms with Crippen LogP contribution in [-0.2, 0) is 4.79 Å². The van der Waals surface area contributed by atoms with Gasteiger partial charge in [-0.2, -0.15) is 13.2 Å². The molecule has 1 amide bonds. The van der Waals surface area contributed by atoms with Crippen LogP contribution >= 0.6 is 0 Å². The lowest BCUT2D eigenvalue weighted by Crippen LogP contribution is -2.49. The molecule has 1 aliphatic rings. The van der Waals surface area contributed by atoms with E-state index in [1.54, 1.807) is 0 Å². The quantitative estimate of drug-likeness (QED) is 0.815. The molecule has 3 N–H and O–H groups in total. The fraction of sp³-hybridized carbons (Fsp3) is 0.933. The predicted octanol–water partition coefficient (Wildman–Crippen LogP) is 2.14. The number of nitrogens with one attached hydrogen (secondary N) is 1. The zero-order valence-corrected chi connectivity index (χ0v) is 13.7. The number of carbonyl (C=O) groups excluding carboxylic acids is 1. The Morgan fingerprint density at radius 1 is 1.27 bits per heavy atom. The third kappa shape index (κ3) is 6.96. The van der Waals surface area contributed by atoms with E-state index in [9.17, 15) is 18.0 Å². The first kappa shape index (κ1) is 19.2. The summed E-state index contributed by atoms with van der Waals surface area (Å²) in [6, 6.07) is -0.555. The van der Waals surface area contributed by atoms with E-state index >= 15 is 0 Å². The minimum absolute atomic E-state index is 0.165. The molecule has 0 saturated carbocycles. The second-order valence-corrected chi connectivity index (χ2v) is 7.26. The molecule has 1 heterocycles. The number of hydrogen-bond donors (Lipinski definition) is 2. The Hall–Kier alpha value is -0.820. The van der Waals surface area contributed by atoms with Crippen LogP contribution in [0.3, 0.4) is 0 Å². The highest BCUT2D eigenvalue weighted by molar-refractivity contribution is 5.82. The number of alkyl halides is 3. The van der Waals surface area contributed by atoms with Crippen molar-refractivity contribution < 1.29 is 18.0 Å². The number of amides is 1. The third-order valence-corrected chi connectivity index (χ3v) is 4.18. The molecule has 0 aliphatic carbocycles. The molecule has 1 fully saturated rings. The van der Waals surface area contributed by atoms with Crippen LogP contribution in [0.25, 0.3) is 0 Å². The molecule has 1 atom stereocenters. The Balaban J connectivity index is 2.22. The normalized spacial score (nSPS) is 20.0. The maximum Gasteiger partial charge on any atom is 0.401 e. The summed E-state index contributed by atoms with van der Waals surface area (Å²) in [6.07, 6.45) is -1.83. The highest BCUT2D eigenvalue weighted by atomic mass is 19.4. The van der Waals surface area contributed by atoms with E-state index in [0.29, 0.717) is 25.6 Å². The molecule has 22 heavy (non-hydrogen) atoms. The summed E-state index contributed by atoms with van der Waals surface area (Å²) in [4.78, 5) is 13.3. The van der Waals surface area contributed by atoms with Gasteiger partial charge in [-0.1, -0.05) is 20.8 Å². The van der Waals surface area contributed by atoms with Crippen molar-refractivity contribution in [3.63, 3.8) is 0 Å². The minimum atomic E-state index is -4.12. The molecule has 1 saturated heterocycles. The second-order valence-electron chi connectivity index (χ2n) is 7.26. The number of nitrogens with zero attached hydrogens (tertiary/aromatic N) is 1. The molecule has 1 aliphatic heterocycles. The average Bonchev–Trinajstić information content (AvgIpc) is 2.37. The van der Waals surface area contributed by atoms with Gasteiger partial charge in [0.15, 0.2) is 0 Å². The molecule has 0 bridgehead atoms. The van der Waals surface area contributed by atoms with Gasteiger partial charge in [-0.15, -0.1) is 0 Å². The molecular weight excluding hydrogens is 295 g/mol. The second kappa shape index (κ2) is 7.64. The van der Waals surface area contributed by atoms with Gasteiger partial charge in [-0.3, -0.25) is 9.69 Å². The fourth-order valence-electron chi connectivity index (χ4n) is 2.59. The molecular formula is C15H28F3N3O. The third-order valence-electron chi connectivity index (χ3n) is 4.18. The first-order valence-electron chi connectivity index (χ1n) is 7.81. The highest BCUT2D eigenvalue weighted by Crippen LogP contribution is 2.24. The molecule has 130 valence electrons. The topological polar surface area (TPSA) is 58.4 Å². The monoisotopic (exact) mass is 323 g/mol. The smallest absolute Gasteiger partial charge is 0.355 e. The first-order valence-corrected chi connectivity index (χ1v) is 7.81. The fourth-order valence-corrected chi connectivity index (χ4v) is 2.59. The summed E-state index contributed by atoms with van der Waals surface area (Å²) in [6.45, 7) is 6.39. The Morgan fingerprint density at radius 2 is 1.82 bits per heavy atom. The molecule has 0 aromatic heterocycles. The summed E-state index contributed by atoms with van der Waals surface area (Å²) in [5, 5.41) is 2.83. The Kier molecular flexibility index (Phi) is 6.67. The molecule has 0 aromatic carbocycles. The summed E-state index contributed by atoms with van der Waals surface area (Å²) >= 11 is 0. The van der Waals surface area contributed by atoms with Crippen LogP contribution in [0.5, 0.6) is 0 Å². The van der Waals surface area contributed by atoms with E-state index in [-0.39, 0.29) is 11.3 Å². The standard InChI is InChI=1S/C15H28F3N3O/c1-14(2,3)12(19)13(22)20-7-4-11-5-8-21(9-6-11)10-15(16,17)18/h11-12H,4-10,19H2,1-3H3,(H,20,22)/t12-/m1/s1. The Morgan fingerprint density at radius 3 is 2.27 bits per heavy atom. The molecule has 0 spiro atoms. The van der Waals surface area contributed by atoms with Crippen molar-refractivity contribution in [1.29, 1.82) is 0 Å². The van der Waals surface area contributed by atoms with Crippen molar-refractivity contribution in [1.82, 2.24) is 10.2 Å². The van der Waals surface area contributed by atoms with E-state index in [2.05, 4.69) is 5.32 Å².